The number of carbonyl (C=O) groups is 4. The van der Waals surface area contributed by atoms with Crippen LogP contribution in [0.25, 0.3) is 11.2 Å². The zero-order chi connectivity index (χ0) is 37.2. The van der Waals surface area contributed by atoms with E-state index in [-0.39, 0.29) is 12.6 Å². The van der Waals surface area contributed by atoms with E-state index in [1.807, 2.05) is 6.07 Å². The molecule has 16 heteroatoms. The second kappa shape index (κ2) is 12.9. The minimum absolute atomic E-state index is 0.0145. The number of nitrogens with one attached hydrogen (secondary N) is 2. The Kier molecular flexibility index (Phi) is 8.48. The molecule has 2 saturated heterocycles. The summed E-state index contributed by atoms with van der Waals surface area (Å²) in [4.78, 5) is 66.7. The van der Waals surface area contributed by atoms with Gasteiger partial charge in [-0.2, -0.15) is 0 Å². The number of rotatable bonds is 9. The molecule has 2 aromatic heterocycles. The van der Waals surface area contributed by atoms with Crippen LogP contribution in [0.15, 0.2) is 60.3 Å². The summed E-state index contributed by atoms with van der Waals surface area (Å²) in [6, 6.07) is 7.68. The fraction of sp³-hybridized carbons (Fsp3) is 0.486. The first kappa shape index (κ1) is 34.7. The fourth-order valence-electron chi connectivity index (χ4n) is 9.52. The Hall–Kier alpha value is -5.35. The van der Waals surface area contributed by atoms with Gasteiger partial charge in [0.05, 0.1) is 30.5 Å². The Labute approximate surface area is 304 Å². The highest BCUT2D eigenvalue weighted by atomic mass is 16.7. The van der Waals surface area contributed by atoms with Gasteiger partial charge in [0.1, 0.15) is 19.0 Å². The van der Waals surface area contributed by atoms with E-state index in [4.69, 9.17) is 28.7 Å². The number of ether oxygens (including phenoxy) is 5. The molecule has 4 aliphatic heterocycles. The Morgan fingerprint density at radius 2 is 1.81 bits per heavy atom. The Morgan fingerprint density at radius 3 is 2.55 bits per heavy atom. The molecule has 0 bridgehead atoms. The maximum Gasteiger partial charge on any atom is 0.337 e. The summed E-state index contributed by atoms with van der Waals surface area (Å²) in [6.07, 6.45) is 4.54. The summed E-state index contributed by atoms with van der Waals surface area (Å²) in [6.45, 7) is 7.24. The molecule has 5 aliphatic rings. The molecule has 2 fully saturated rings. The van der Waals surface area contributed by atoms with Gasteiger partial charge in [0.25, 0.3) is 0 Å². The van der Waals surface area contributed by atoms with Crippen LogP contribution >= 0.6 is 0 Å². The summed E-state index contributed by atoms with van der Waals surface area (Å²) in [5.41, 5.74) is 3.13. The highest BCUT2D eigenvalue weighted by molar-refractivity contribution is 5.96. The molecule has 16 nitrogen and oxygen atoms in total. The van der Waals surface area contributed by atoms with Gasteiger partial charge in [-0.3, -0.25) is 23.9 Å². The SMILES string of the molecule is CC[C@]12C=CCN3CC[C@]4(C(=C(C(=O)OC)[C@@H]1Nc1ncnc5c1ncn5C1OC(COC(C)=O)C(OC(C)=O)C1OC(C)=O)Nc1ccccc14)C32. The summed E-state index contributed by atoms with van der Waals surface area (Å²) in [5, 5.41) is 7.31. The molecule has 8 rings (SSSR count). The second-order valence-electron chi connectivity index (χ2n) is 14.1. The van der Waals surface area contributed by atoms with E-state index in [1.54, 1.807) is 4.57 Å². The summed E-state index contributed by atoms with van der Waals surface area (Å²) < 4.78 is 29.8. The smallest absolute Gasteiger partial charge is 0.337 e. The van der Waals surface area contributed by atoms with Crippen LogP contribution in [0.2, 0.25) is 0 Å². The van der Waals surface area contributed by atoms with E-state index < -0.39 is 65.3 Å². The van der Waals surface area contributed by atoms with E-state index in [2.05, 4.69) is 62.8 Å². The molecule has 3 aromatic rings. The third-order valence-electron chi connectivity index (χ3n) is 11.4. The van der Waals surface area contributed by atoms with Gasteiger partial charge in [0, 0.05) is 56.7 Å². The van der Waals surface area contributed by atoms with Crippen molar-refractivity contribution in [3.8, 4) is 0 Å². The van der Waals surface area contributed by atoms with Gasteiger partial charge in [-0.05, 0) is 24.5 Å². The molecule has 0 radical (unpaired) electrons. The first-order valence-electron chi connectivity index (χ1n) is 17.7. The lowest BCUT2D eigenvalue weighted by Gasteiger charge is -2.57. The number of aromatic nitrogens is 4. The predicted octanol–water partition coefficient (Wildman–Crippen LogP) is 2.78. The normalized spacial score (nSPS) is 31.0. The molecule has 53 heavy (non-hydrogen) atoms. The molecule has 8 atom stereocenters. The van der Waals surface area contributed by atoms with Crippen molar-refractivity contribution in [1.82, 2.24) is 24.4 Å². The molecule has 0 amide bonds. The summed E-state index contributed by atoms with van der Waals surface area (Å²) in [7, 11) is 1.40. The molecule has 2 N–H and O–H groups in total. The first-order valence-corrected chi connectivity index (χ1v) is 17.7. The van der Waals surface area contributed by atoms with E-state index in [1.165, 1.54) is 46.1 Å². The minimum atomic E-state index is -1.14. The molecule has 6 heterocycles. The molecule has 278 valence electrons. The van der Waals surface area contributed by atoms with Crippen molar-refractivity contribution in [2.24, 2.45) is 5.41 Å². The largest absolute Gasteiger partial charge is 0.466 e. The van der Waals surface area contributed by atoms with Crippen LogP contribution in [0.1, 0.15) is 52.3 Å². The van der Waals surface area contributed by atoms with E-state index >= 15 is 0 Å². The Bertz CT molecular complexity index is 2080. The van der Waals surface area contributed by atoms with E-state index in [0.29, 0.717) is 29.0 Å². The molecular weight excluding hydrogens is 686 g/mol. The van der Waals surface area contributed by atoms with Crippen molar-refractivity contribution < 1.29 is 42.9 Å². The predicted molar refractivity (Wildman–Crippen MR) is 187 cm³/mol. The van der Waals surface area contributed by atoms with Crippen LogP contribution in [0.3, 0.4) is 0 Å². The number of anilines is 2. The number of carbonyl (C=O) groups excluding carboxylic acids is 4. The van der Waals surface area contributed by atoms with Crippen LogP contribution in [-0.4, -0.2) is 105 Å². The van der Waals surface area contributed by atoms with Crippen molar-refractivity contribution in [1.29, 1.82) is 0 Å². The molecule has 1 spiro atoms. The average molecular weight is 728 g/mol. The molecule has 0 saturated carbocycles. The Morgan fingerprint density at radius 1 is 1.04 bits per heavy atom. The van der Waals surface area contributed by atoms with Gasteiger partial charge in [0.2, 0.25) is 0 Å². The lowest BCUT2D eigenvalue weighted by Crippen LogP contribution is -2.65. The van der Waals surface area contributed by atoms with Gasteiger partial charge >= 0.3 is 23.9 Å². The number of nitrogens with zero attached hydrogens (tertiary/aromatic N) is 5. The highest BCUT2D eigenvalue weighted by Crippen LogP contribution is 2.64. The number of esters is 4. The van der Waals surface area contributed by atoms with Crippen molar-refractivity contribution in [3.63, 3.8) is 0 Å². The molecule has 1 aliphatic carbocycles. The van der Waals surface area contributed by atoms with Crippen LogP contribution in [0.5, 0.6) is 0 Å². The number of fused-ring (bicyclic) bond motifs is 2. The number of benzene rings is 1. The van der Waals surface area contributed by atoms with Crippen molar-refractivity contribution in [3.05, 3.63) is 65.9 Å². The van der Waals surface area contributed by atoms with Crippen LogP contribution in [0.4, 0.5) is 11.5 Å². The lowest BCUT2D eigenvalue weighted by atomic mass is 9.53. The lowest BCUT2D eigenvalue weighted by molar-refractivity contribution is -0.166. The third kappa shape index (κ3) is 5.21. The number of hydrogen-bond donors (Lipinski definition) is 2. The van der Waals surface area contributed by atoms with Gasteiger partial charge < -0.3 is 34.3 Å². The van der Waals surface area contributed by atoms with E-state index in [9.17, 15) is 19.2 Å². The summed E-state index contributed by atoms with van der Waals surface area (Å²) >= 11 is 0. The zero-order valence-electron chi connectivity index (χ0n) is 30.0. The maximum absolute atomic E-state index is 14.1. The highest BCUT2D eigenvalue weighted by Gasteiger charge is 2.68. The number of para-hydroxylation sites is 1. The molecule has 5 unspecified atom stereocenters. The van der Waals surface area contributed by atoms with Crippen molar-refractivity contribution in [2.45, 2.75) is 82.6 Å². The molecule has 1 aromatic carbocycles. The zero-order valence-corrected chi connectivity index (χ0v) is 30.0. The quantitative estimate of drug-likeness (QED) is 0.186. The fourth-order valence-corrected chi connectivity index (χ4v) is 9.52. The standard InChI is InChI=1S/C37H41N7O9/c1-6-36-12-9-14-43-15-13-37(35(36)43)22-10-7-8-11-23(22)41-30(37)25(34(48)49-5)29(36)42-31-26-32(39-17-38-31)44(18-40-26)33-28(52-21(4)47)27(51-20(3)46)24(53-33)16-50-19(2)45/h7-12,17-18,24,27-29,33,35,41H,6,13-16H2,1-5H3,(H,38,39,42)/t24?,27?,28?,29-,33?,35?,36-,37-/m0/s1. The third-order valence-corrected chi connectivity index (χ3v) is 11.4. The first-order chi connectivity index (χ1) is 25.5. The van der Waals surface area contributed by atoms with Crippen molar-refractivity contribution >= 4 is 46.5 Å². The number of imidazole rings is 1. The Balaban J connectivity index is 1.24. The van der Waals surface area contributed by atoms with Crippen LogP contribution < -0.4 is 10.6 Å². The number of methoxy groups -OCH3 is 1. The topological polar surface area (TPSA) is 185 Å². The number of hydrogen-bond acceptors (Lipinski definition) is 15. The van der Waals surface area contributed by atoms with Gasteiger partial charge in [-0.25, -0.2) is 19.7 Å². The molecular formula is C37H41N7O9. The van der Waals surface area contributed by atoms with Gasteiger partial charge in [-0.15, -0.1) is 0 Å². The second-order valence-corrected chi connectivity index (χ2v) is 14.1. The van der Waals surface area contributed by atoms with Crippen LogP contribution in [0, 0.1) is 5.41 Å². The van der Waals surface area contributed by atoms with Gasteiger partial charge in [0.15, 0.2) is 35.4 Å². The monoisotopic (exact) mass is 727 g/mol. The average Bonchev–Trinajstić information content (AvgIpc) is 3.91. The van der Waals surface area contributed by atoms with Crippen molar-refractivity contribution in [2.75, 3.05) is 37.4 Å². The summed E-state index contributed by atoms with van der Waals surface area (Å²) in [5.74, 6) is -1.93. The van der Waals surface area contributed by atoms with Crippen LogP contribution in [-0.2, 0) is 48.3 Å². The maximum atomic E-state index is 14.1. The van der Waals surface area contributed by atoms with Gasteiger partial charge in [-0.1, -0.05) is 37.3 Å². The van der Waals surface area contributed by atoms with E-state index in [0.717, 1.165) is 30.9 Å². The minimum Gasteiger partial charge on any atom is -0.466 e.